The Morgan fingerprint density at radius 1 is 1.07 bits per heavy atom. The zero-order valence-corrected chi connectivity index (χ0v) is 22.2. The number of rotatable bonds is 5. The third kappa shape index (κ3) is 8.87. The number of alkyl halides is 6. The molecule has 5 rings (SSSR count). The molecular formula is C25H27F6N3O6S. The van der Waals surface area contributed by atoms with Gasteiger partial charge in [0.05, 0.1) is 6.61 Å². The molecule has 2 unspecified atom stereocenters. The number of morpholine rings is 1. The average molecular weight is 612 g/mol. The number of halogens is 6. The molecule has 4 heterocycles. The summed E-state index contributed by atoms with van der Waals surface area (Å²) in [5.74, 6) is -4.60. The van der Waals surface area contributed by atoms with Crippen molar-refractivity contribution in [2.24, 2.45) is 5.92 Å². The molecule has 2 atom stereocenters. The number of ether oxygens (including phenoxy) is 1. The van der Waals surface area contributed by atoms with Gasteiger partial charge in [0.25, 0.3) is 5.91 Å². The van der Waals surface area contributed by atoms with Crippen LogP contribution in [0.4, 0.5) is 26.3 Å². The highest BCUT2D eigenvalue weighted by Crippen LogP contribution is 2.43. The van der Waals surface area contributed by atoms with Crippen LogP contribution in [0.25, 0.3) is 0 Å². The quantitative estimate of drug-likeness (QED) is 0.487. The SMILES string of the molecule is O=C(O)C(F)(F)F.O=C(O)C(F)(F)F.O=C1N(CC2CC2)CCOC12CN(Cc1cccs1)CC2c1cccnc1. The van der Waals surface area contributed by atoms with Crippen molar-refractivity contribution in [1.29, 1.82) is 0 Å². The summed E-state index contributed by atoms with van der Waals surface area (Å²) in [6, 6.07) is 8.30. The average Bonchev–Trinajstić information content (AvgIpc) is 3.42. The number of hydrogen-bond donors (Lipinski definition) is 2. The molecule has 1 spiro atoms. The van der Waals surface area contributed by atoms with E-state index in [4.69, 9.17) is 24.5 Å². The van der Waals surface area contributed by atoms with Crippen molar-refractivity contribution in [3.8, 4) is 0 Å². The van der Waals surface area contributed by atoms with Gasteiger partial charge < -0.3 is 19.8 Å². The van der Waals surface area contributed by atoms with Crippen LogP contribution in [0.5, 0.6) is 0 Å². The molecule has 0 bridgehead atoms. The summed E-state index contributed by atoms with van der Waals surface area (Å²) < 4.78 is 69.8. The number of aromatic nitrogens is 1. The second-order valence-corrected chi connectivity index (χ2v) is 10.7. The van der Waals surface area contributed by atoms with Gasteiger partial charge in [0.15, 0.2) is 5.60 Å². The molecule has 0 aromatic carbocycles. The first-order chi connectivity index (χ1) is 19.1. The number of carbonyl (C=O) groups is 3. The van der Waals surface area contributed by atoms with Gasteiger partial charge in [0.2, 0.25) is 0 Å². The molecule has 41 heavy (non-hydrogen) atoms. The van der Waals surface area contributed by atoms with E-state index in [9.17, 15) is 31.1 Å². The molecule has 2 saturated heterocycles. The minimum absolute atomic E-state index is 0.0284. The fourth-order valence-corrected chi connectivity index (χ4v) is 5.28. The van der Waals surface area contributed by atoms with Gasteiger partial charge in [-0.1, -0.05) is 12.1 Å². The predicted molar refractivity (Wildman–Crippen MR) is 132 cm³/mol. The van der Waals surface area contributed by atoms with E-state index in [1.165, 1.54) is 17.7 Å². The maximum atomic E-state index is 13.6. The number of pyridine rings is 1. The van der Waals surface area contributed by atoms with Gasteiger partial charge in [-0.05, 0) is 41.8 Å². The lowest BCUT2D eigenvalue weighted by molar-refractivity contribution is -0.193. The van der Waals surface area contributed by atoms with E-state index < -0.39 is 29.9 Å². The fourth-order valence-electron chi connectivity index (χ4n) is 4.53. The maximum absolute atomic E-state index is 13.6. The van der Waals surface area contributed by atoms with Gasteiger partial charge >= 0.3 is 24.3 Å². The topological polar surface area (TPSA) is 120 Å². The molecule has 2 aromatic heterocycles. The molecule has 16 heteroatoms. The van der Waals surface area contributed by atoms with E-state index >= 15 is 0 Å². The van der Waals surface area contributed by atoms with Crippen molar-refractivity contribution >= 4 is 29.2 Å². The largest absolute Gasteiger partial charge is 0.490 e. The molecule has 3 fully saturated rings. The predicted octanol–water partition coefficient (Wildman–Crippen LogP) is 4.02. The number of likely N-dealkylation sites (tertiary alicyclic amines) is 1. The lowest BCUT2D eigenvalue weighted by atomic mass is 9.83. The zero-order valence-electron chi connectivity index (χ0n) is 21.4. The zero-order chi connectivity index (χ0) is 30.4. The van der Waals surface area contributed by atoms with Crippen LogP contribution in [-0.2, 0) is 25.7 Å². The molecule has 2 aromatic rings. The summed E-state index contributed by atoms with van der Waals surface area (Å²) in [6.45, 7) is 4.60. The molecule has 1 saturated carbocycles. The summed E-state index contributed by atoms with van der Waals surface area (Å²) >= 11 is 1.77. The van der Waals surface area contributed by atoms with E-state index in [1.54, 1.807) is 17.5 Å². The number of carboxylic acids is 2. The number of carbonyl (C=O) groups excluding carboxylic acids is 1. The summed E-state index contributed by atoms with van der Waals surface area (Å²) in [4.78, 5) is 41.5. The molecule has 9 nitrogen and oxygen atoms in total. The third-order valence-electron chi connectivity index (χ3n) is 6.54. The van der Waals surface area contributed by atoms with Gasteiger partial charge in [-0.2, -0.15) is 26.3 Å². The van der Waals surface area contributed by atoms with Crippen LogP contribution in [0.1, 0.15) is 29.2 Å². The Morgan fingerprint density at radius 3 is 2.20 bits per heavy atom. The van der Waals surface area contributed by atoms with Crippen molar-refractivity contribution in [2.75, 3.05) is 32.8 Å². The van der Waals surface area contributed by atoms with Crippen molar-refractivity contribution in [3.05, 3.63) is 52.5 Å². The molecule has 2 aliphatic heterocycles. The summed E-state index contributed by atoms with van der Waals surface area (Å²) in [5.41, 5.74) is 0.334. The number of nitrogens with zero attached hydrogens (tertiary/aromatic N) is 3. The van der Waals surface area contributed by atoms with Gasteiger partial charge in [-0.3, -0.25) is 14.7 Å². The first-order valence-electron chi connectivity index (χ1n) is 12.3. The van der Waals surface area contributed by atoms with Gasteiger partial charge in [-0.25, -0.2) is 9.59 Å². The van der Waals surface area contributed by atoms with Crippen LogP contribution in [-0.4, -0.2) is 93.6 Å². The molecule has 0 radical (unpaired) electrons. The highest BCUT2D eigenvalue weighted by atomic mass is 32.1. The molecule has 3 aliphatic rings. The monoisotopic (exact) mass is 611 g/mol. The van der Waals surface area contributed by atoms with Crippen molar-refractivity contribution in [2.45, 2.75) is 43.3 Å². The first-order valence-corrected chi connectivity index (χ1v) is 13.2. The minimum atomic E-state index is -5.08. The summed E-state index contributed by atoms with van der Waals surface area (Å²) in [5, 5.41) is 16.4. The number of hydrogen-bond acceptors (Lipinski definition) is 7. The molecular weight excluding hydrogens is 584 g/mol. The third-order valence-corrected chi connectivity index (χ3v) is 7.40. The van der Waals surface area contributed by atoms with Crippen LogP contribution >= 0.6 is 11.3 Å². The maximum Gasteiger partial charge on any atom is 0.490 e. The molecule has 2 N–H and O–H groups in total. The summed E-state index contributed by atoms with van der Waals surface area (Å²) in [7, 11) is 0. The number of amides is 1. The Hall–Kier alpha value is -3.24. The van der Waals surface area contributed by atoms with E-state index in [1.807, 2.05) is 12.3 Å². The van der Waals surface area contributed by atoms with Gasteiger partial charge in [-0.15, -0.1) is 11.3 Å². The van der Waals surface area contributed by atoms with E-state index in [0.29, 0.717) is 19.1 Å². The van der Waals surface area contributed by atoms with E-state index in [-0.39, 0.29) is 11.8 Å². The molecule has 226 valence electrons. The number of aliphatic carboxylic acids is 2. The number of carboxylic acid groups (broad SMARTS) is 2. The molecule has 1 aliphatic carbocycles. The fraction of sp³-hybridized carbons (Fsp3) is 0.520. The van der Waals surface area contributed by atoms with Crippen LogP contribution in [0.2, 0.25) is 0 Å². The lowest BCUT2D eigenvalue weighted by Gasteiger charge is -2.42. The van der Waals surface area contributed by atoms with E-state index in [0.717, 1.165) is 31.7 Å². The molecule has 1 amide bonds. The Kier molecular flexibility index (Phi) is 10.4. The van der Waals surface area contributed by atoms with Crippen LogP contribution < -0.4 is 0 Å². The highest BCUT2D eigenvalue weighted by molar-refractivity contribution is 7.09. The standard InChI is InChI=1S/C21H25N3O2S.2C2HF3O2/c25-20-21(26-9-8-24(20)12-16-5-6-16)15-23(13-18-4-2-10-27-18)14-19(21)17-3-1-7-22-11-17;2*3-2(4,5)1(6)7/h1-4,7,10-11,16,19H,5-6,8-9,12-15H2;2*(H,6,7). The lowest BCUT2D eigenvalue weighted by Crippen LogP contribution is -2.60. The van der Waals surface area contributed by atoms with Crippen molar-refractivity contribution in [1.82, 2.24) is 14.8 Å². The Balaban J connectivity index is 0.000000276. The smallest absolute Gasteiger partial charge is 0.475 e. The van der Waals surface area contributed by atoms with Crippen LogP contribution in [0, 0.1) is 5.92 Å². The second kappa shape index (κ2) is 13.2. The highest BCUT2D eigenvalue weighted by Gasteiger charge is 2.57. The summed E-state index contributed by atoms with van der Waals surface area (Å²) in [6.07, 6.45) is -3.96. The van der Waals surface area contributed by atoms with E-state index in [2.05, 4.69) is 38.4 Å². The van der Waals surface area contributed by atoms with Crippen molar-refractivity contribution < 1.29 is 55.7 Å². The normalized spacial score (nSPS) is 22.9. The minimum Gasteiger partial charge on any atom is -0.475 e. The van der Waals surface area contributed by atoms with Crippen LogP contribution in [0.15, 0.2) is 42.0 Å². The second-order valence-electron chi connectivity index (χ2n) is 9.63. The van der Waals surface area contributed by atoms with Gasteiger partial charge in [0.1, 0.15) is 0 Å². The van der Waals surface area contributed by atoms with Crippen molar-refractivity contribution in [3.63, 3.8) is 0 Å². The first kappa shape index (κ1) is 32.3. The van der Waals surface area contributed by atoms with Gasteiger partial charge in [0, 0.05) is 55.9 Å². The Morgan fingerprint density at radius 2 is 1.71 bits per heavy atom. The Bertz CT molecular complexity index is 1150. The van der Waals surface area contributed by atoms with Crippen LogP contribution in [0.3, 0.4) is 0 Å². The number of thiophene rings is 1. The Labute approximate surface area is 234 Å².